The Labute approximate surface area is 103 Å². The first-order chi connectivity index (χ1) is 7.97. The third-order valence-corrected chi connectivity index (χ3v) is 2.59. The molecule has 2 rings (SSSR count). The Morgan fingerprint density at radius 1 is 1.24 bits per heavy atom. The quantitative estimate of drug-likeness (QED) is 0.853. The van der Waals surface area contributed by atoms with Crippen LogP contribution in [0.3, 0.4) is 0 Å². The molecule has 0 atom stereocenters. The number of para-hydroxylation sites is 1. The second-order valence-electron chi connectivity index (χ2n) is 3.22. The van der Waals surface area contributed by atoms with Gasteiger partial charge in [-0.3, -0.25) is 0 Å². The fourth-order valence-electron chi connectivity index (χ4n) is 1.29. The molecule has 0 radical (unpaired) electrons. The van der Waals surface area contributed by atoms with Gasteiger partial charge in [-0.2, -0.15) is 13.2 Å². The molecule has 0 bridgehead atoms. The van der Waals surface area contributed by atoms with Crippen molar-refractivity contribution in [3.63, 3.8) is 0 Å². The molecular formula is C10H6BrF3N2O. The van der Waals surface area contributed by atoms with E-state index in [1.54, 1.807) is 18.2 Å². The van der Waals surface area contributed by atoms with Gasteiger partial charge in [-0.25, -0.2) is 9.97 Å². The molecule has 1 aromatic carbocycles. The molecule has 0 spiro atoms. The molecule has 0 aliphatic carbocycles. The Hall–Kier alpha value is -1.37. The number of alkyl halides is 3. The summed E-state index contributed by atoms with van der Waals surface area (Å²) in [5, 5.41) is 0.436. The van der Waals surface area contributed by atoms with Crippen LogP contribution in [0.4, 0.5) is 13.2 Å². The van der Waals surface area contributed by atoms with Crippen LogP contribution in [0.15, 0.2) is 29.0 Å². The molecule has 1 aromatic heterocycles. The minimum Gasteiger partial charge on any atom is -0.467 e. The smallest absolute Gasteiger partial charge is 0.422 e. The molecule has 90 valence electrons. The van der Waals surface area contributed by atoms with Crippen molar-refractivity contribution in [2.45, 2.75) is 6.18 Å². The lowest BCUT2D eigenvalue weighted by atomic mass is 10.2. The van der Waals surface area contributed by atoms with Crippen molar-refractivity contribution < 1.29 is 17.9 Å². The summed E-state index contributed by atoms with van der Waals surface area (Å²) >= 11 is 3.25. The summed E-state index contributed by atoms with van der Waals surface area (Å²) in [6.45, 7) is -1.37. The van der Waals surface area contributed by atoms with Crippen LogP contribution in [0.1, 0.15) is 0 Å². The molecule has 0 saturated heterocycles. The minimum atomic E-state index is -4.39. The van der Waals surface area contributed by atoms with Gasteiger partial charge < -0.3 is 4.74 Å². The normalized spacial score (nSPS) is 11.8. The van der Waals surface area contributed by atoms with Gasteiger partial charge >= 0.3 is 6.18 Å². The average Bonchev–Trinajstić information content (AvgIpc) is 2.26. The molecule has 0 aliphatic heterocycles. The van der Waals surface area contributed by atoms with Crippen molar-refractivity contribution in [3.05, 3.63) is 29.0 Å². The van der Waals surface area contributed by atoms with E-state index in [9.17, 15) is 13.2 Å². The predicted molar refractivity (Wildman–Crippen MR) is 58.8 cm³/mol. The van der Waals surface area contributed by atoms with Gasteiger partial charge in [0.1, 0.15) is 6.33 Å². The van der Waals surface area contributed by atoms with Crippen LogP contribution in [-0.4, -0.2) is 22.8 Å². The van der Waals surface area contributed by atoms with E-state index in [0.717, 1.165) is 0 Å². The maximum absolute atomic E-state index is 12.0. The van der Waals surface area contributed by atoms with E-state index >= 15 is 0 Å². The van der Waals surface area contributed by atoms with Crippen molar-refractivity contribution in [2.75, 3.05) is 6.61 Å². The van der Waals surface area contributed by atoms with E-state index in [2.05, 4.69) is 30.6 Å². The van der Waals surface area contributed by atoms with Gasteiger partial charge in [0, 0.05) is 4.47 Å². The van der Waals surface area contributed by atoms with Crippen molar-refractivity contribution >= 4 is 26.8 Å². The summed E-state index contributed by atoms with van der Waals surface area (Å²) in [4.78, 5) is 7.66. The number of rotatable bonds is 2. The molecule has 0 aliphatic rings. The molecule has 0 fully saturated rings. The largest absolute Gasteiger partial charge is 0.467 e. The Morgan fingerprint density at radius 3 is 2.71 bits per heavy atom. The number of fused-ring (bicyclic) bond motifs is 1. The molecular weight excluding hydrogens is 301 g/mol. The average molecular weight is 307 g/mol. The van der Waals surface area contributed by atoms with E-state index in [4.69, 9.17) is 0 Å². The summed E-state index contributed by atoms with van der Waals surface area (Å²) in [5.74, 6) is -0.0753. The highest BCUT2D eigenvalue weighted by Crippen LogP contribution is 2.28. The Kier molecular flexibility index (Phi) is 3.19. The first kappa shape index (κ1) is 12.1. The molecule has 0 amide bonds. The molecule has 1 heterocycles. The number of hydrogen-bond acceptors (Lipinski definition) is 3. The van der Waals surface area contributed by atoms with Crippen LogP contribution in [0.5, 0.6) is 5.88 Å². The topological polar surface area (TPSA) is 35.0 Å². The van der Waals surface area contributed by atoms with Gasteiger partial charge in [0.25, 0.3) is 0 Å². The fourth-order valence-corrected chi connectivity index (χ4v) is 1.76. The standard InChI is InChI=1S/C10H6BrF3N2O/c11-7-3-1-2-6-8(7)15-5-16-9(6)17-4-10(12,13)14/h1-3,5H,4H2. The Morgan fingerprint density at radius 2 is 2.00 bits per heavy atom. The van der Waals surface area contributed by atoms with Crippen LogP contribution in [0, 0.1) is 0 Å². The number of hydrogen-bond donors (Lipinski definition) is 0. The highest BCUT2D eigenvalue weighted by molar-refractivity contribution is 9.10. The number of nitrogens with zero attached hydrogens (tertiary/aromatic N) is 2. The first-order valence-corrected chi connectivity index (χ1v) is 5.35. The summed E-state index contributed by atoms with van der Waals surface area (Å²) in [7, 11) is 0. The van der Waals surface area contributed by atoms with Crippen molar-refractivity contribution in [1.82, 2.24) is 9.97 Å². The highest BCUT2D eigenvalue weighted by atomic mass is 79.9. The molecule has 2 aromatic rings. The van der Waals surface area contributed by atoms with Crippen LogP contribution in [0.2, 0.25) is 0 Å². The molecule has 7 heteroatoms. The Bertz CT molecular complexity index is 545. The molecule has 17 heavy (non-hydrogen) atoms. The summed E-state index contributed by atoms with van der Waals surface area (Å²) in [6.07, 6.45) is -3.22. The van der Waals surface area contributed by atoms with Crippen molar-refractivity contribution in [1.29, 1.82) is 0 Å². The second kappa shape index (κ2) is 4.48. The molecule has 3 nitrogen and oxygen atoms in total. The molecule has 0 saturated carbocycles. The zero-order valence-electron chi connectivity index (χ0n) is 8.33. The zero-order valence-corrected chi connectivity index (χ0v) is 9.92. The third kappa shape index (κ3) is 2.85. The van der Waals surface area contributed by atoms with Crippen LogP contribution in [0.25, 0.3) is 10.9 Å². The highest BCUT2D eigenvalue weighted by Gasteiger charge is 2.29. The summed E-state index contributed by atoms with van der Waals surface area (Å²) < 4.78 is 41.4. The van der Waals surface area contributed by atoms with E-state index in [0.29, 0.717) is 15.4 Å². The zero-order chi connectivity index (χ0) is 12.5. The predicted octanol–water partition coefficient (Wildman–Crippen LogP) is 3.33. The number of ether oxygens (including phenoxy) is 1. The van der Waals surface area contributed by atoms with E-state index < -0.39 is 12.8 Å². The third-order valence-electron chi connectivity index (χ3n) is 1.95. The van der Waals surface area contributed by atoms with E-state index in [-0.39, 0.29) is 5.88 Å². The fraction of sp³-hybridized carbons (Fsp3) is 0.200. The van der Waals surface area contributed by atoms with Gasteiger partial charge in [0.2, 0.25) is 5.88 Å². The monoisotopic (exact) mass is 306 g/mol. The Balaban J connectivity index is 2.38. The first-order valence-electron chi connectivity index (χ1n) is 4.56. The van der Waals surface area contributed by atoms with E-state index in [1.165, 1.54) is 6.33 Å². The number of halogens is 4. The summed E-state index contributed by atoms with van der Waals surface area (Å²) in [6, 6.07) is 5.02. The van der Waals surface area contributed by atoms with Crippen molar-refractivity contribution in [3.8, 4) is 5.88 Å². The number of aromatic nitrogens is 2. The second-order valence-corrected chi connectivity index (χ2v) is 4.07. The maximum atomic E-state index is 12.0. The van der Waals surface area contributed by atoms with Crippen LogP contribution < -0.4 is 4.74 Å². The maximum Gasteiger partial charge on any atom is 0.422 e. The lowest BCUT2D eigenvalue weighted by Gasteiger charge is -2.10. The molecule has 0 unspecified atom stereocenters. The van der Waals surface area contributed by atoms with Gasteiger partial charge in [-0.05, 0) is 28.1 Å². The number of benzene rings is 1. The lowest BCUT2D eigenvalue weighted by Crippen LogP contribution is -2.19. The van der Waals surface area contributed by atoms with E-state index in [1.807, 2.05) is 0 Å². The SMILES string of the molecule is FC(F)(F)COc1ncnc2c(Br)cccc12. The van der Waals surface area contributed by atoms with Crippen LogP contribution in [-0.2, 0) is 0 Å². The summed E-state index contributed by atoms with van der Waals surface area (Å²) in [5.41, 5.74) is 0.514. The van der Waals surface area contributed by atoms with Gasteiger partial charge in [-0.15, -0.1) is 0 Å². The van der Waals surface area contributed by atoms with Gasteiger partial charge in [-0.1, -0.05) is 6.07 Å². The van der Waals surface area contributed by atoms with Gasteiger partial charge in [0.15, 0.2) is 6.61 Å². The lowest BCUT2D eigenvalue weighted by molar-refractivity contribution is -0.153. The van der Waals surface area contributed by atoms with Gasteiger partial charge in [0.05, 0.1) is 10.9 Å². The minimum absolute atomic E-state index is 0.0753. The van der Waals surface area contributed by atoms with Crippen LogP contribution >= 0.6 is 15.9 Å². The van der Waals surface area contributed by atoms with Crippen molar-refractivity contribution in [2.24, 2.45) is 0 Å². The molecule has 0 N–H and O–H groups in total.